The second-order valence-corrected chi connectivity index (χ2v) is 5.23. The molecule has 2 rings (SSSR count). The molecule has 0 aromatic heterocycles. The van der Waals surface area contributed by atoms with Gasteiger partial charge in [-0.3, -0.25) is 0 Å². The molecule has 0 aliphatic heterocycles. The van der Waals surface area contributed by atoms with Crippen LogP contribution in [0.4, 0.5) is 10.1 Å². The SMILES string of the molecule is CSc1cccc(NC(C)c2ccccc2F)c1C#N. The van der Waals surface area contributed by atoms with Crippen molar-refractivity contribution in [1.29, 1.82) is 5.26 Å². The third kappa shape index (κ3) is 2.94. The topological polar surface area (TPSA) is 35.8 Å². The normalized spacial score (nSPS) is 11.7. The number of rotatable bonds is 4. The molecule has 0 radical (unpaired) electrons. The minimum atomic E-state index is -0.243. The van der Waals surface area contributed by atoms with E-state index in [0.717, 1.165) is 10.6 Å². The average molecular weight is 286 g/mol. The lowest BCUT2D eigenvalue weighted by Gasteiger charge is -2.18. The first-order valence-corrected chi connectivity index (χ1v) is 7.48. The van der Waals surface area contributed by atoms with E-state index in [1.54, 1.807) is 18.2 Å². The van der Waals surface area contributed by atoms with Gasteiger partial charge in [0.05, 0.1) is 17.3 Å². The zero-order valence-corrected chi connectivity index (χ0v) is 12.2. The summed E-state index contributed by atoms with van der Waals surface area (Å²) in [4.78, 5) is 0.915. The van der Waals surface area contributed by atoms with Crippen LogP contribution in [0.3, 0.4) is 0 Å². The molecule has 0 fully saturated rings. The maximum absolute atomic E-state index is 13.8. The van der Waals surface area contributed by atoms with Gasteiger partial charge in [0.25, 0.3) is 0 Å². The molecule has 0 bridgehead atoms. The Labute approximate surface area is 122 Å². The van der Waals surface area contributed by atoms with Crippen molar-refractivity contribution in [1.82, 2.24) is 0 Å². The van der Waals surface area contributed by atoms with Crippen LogP contribution in [0.1, 0.15) is 24.1 Å². The zero-order chi connectivity index (χ0) is 14.5. The standard InChI is InChI=1S/C16H15FN2S/c1-11(12-6-3-4-7-14(12)17)19-15-8-5-9-16(20-2)13(15)10-18/h3-9,11,19H,1-2H3. The summed E-state index contributed by atoms with van der Waals surface area (Å²) in [6, 6.07) is 14.3. The fraction of sp³-hybridized carbons (Fsp3) is 0.188. The van der Waals surface area contributed by atoms with Gasteiger partial charge in [-0.25, -0.2) is 4.39 Å². The Morgan fingerprint density at radius 1 is 1.20 bits per heavy atom. The van der Waals surface area contributed by atoms with Crippen molar-refractivity contribution < 1.29 is 4.39 Å². The molecular weight excluding hydrogens is 271 g/mol. The zero-order valence-electron chi connectivity index (χ0n) is 11.4. The Bertz CT molecular complexity index is 649. The number of benzene rings is 2. The maximum Gasteiger partial charge on any atom is 0.128 e. The van der Waals surface area contributed by atoms with Crippen LogP contribution in [-0.4, -0.2) is 6.26 Å². The third-order valence-corrected chi connectivity index (χ3v) is 3.88. The van der Waals surface area contributed by atoms with Gasteiger partial charge in [0.15, 0.2) is 0 Å². The molecule has 1 atom stereocenters. The second kappa shape index (κ2) is 6.44. The summed E-state index contributed by atoms with van der Waals surface area (Å²) < 4.78 is 13.8. The predicted octanol–water partition coefficient (Wildman–Crippen LogP) is 4.59. The van der Waals surface area contributed by atoms with Crippen molar-refractivity contribution in [2.75, 3.05) is 11.6 Å². The minimum absolute atomic E-state index is 0.208. The molecule has 4 heteroatoms. The molecule has 0 saturated carbocycles. The van der Waals surface area contributed by atoms with Gasteiger partial charge >= 0.3 is 0 Å². The number of halogens is 1. The summed E-state index contributed by atoms with van der Waals surface area (Å²) in [6.45, 7) is 1.88. The third-order valence-electron chi connectivity index (χ3n) is 3.10. The first-order valence-electron chi connectivity index (χ1n) is 6.25. The summed E-state index contributed by atoms with van der Waals surface area (Å²) in [7, 11) is 0. The summed E-state index contributed by atoms with van der Waals surface area (Å²) >= 11 is 1.52. The molecule has 0 heterocycles. The average Bonchev–Trinajstić information content (AvgIpc) is 2.47. The lowest BCUT2D eigenvalue weighted by Crippen LogP contribution is -2.09. The van der Waals surface area contributed by atoms with Crippen LogP contribution in [0.2, 0.25) is 0 Å². The van der Waals surface area contributed by atoms with Crippen molar-refractivity contribution in [2.24, 2.45) is 0 Å². The van der Waals surface area contributed by atoms with Gasteiger partial charge in [0, 0.05) is 10.5 Å². The van der Waals surface area contributed by atoms with E-state index in [-0.39, 0.29) is 11.9 Å². The molecular formula is C16H15FN2S. The van der Waals surface area contributed by atoms with Crippen molar-refractivity contribution in [3.63, 3.8) is 0 Å². The van der Waals surface area contributed by atoms with Gasteiger partial charge in [-0.05, 0) is 31.4 Å². The molecule has 2 aromatic rings. The summed E-state index contributed by atoms with van der Waals surface area (Å²) in [5.74, 6) is -0.243. The minimum Gasteiger partial charge on any atom is -0.377 e. The quantitative estimate of drug-likeness (QED) is 0.835. The van der Waals surface area contributed by atoms with Crippen LogP contribution < -0.4 is 5.32 Å². The Balaban J connectivity index is 2.31. The van der Waals surface area contributed by atoms with E-state index in [9.17, 15) is 9.65 Å². The number of thioether (sulfide) groups is 1. The van der Waals surface area contributed by atoms with Gasteiger partial charge in [0.1, 0.15) is 11.9 Å². The maximum atomic E-state index is 13.8. The fourth-order valence-electron chi connectivity index (χ4n) is 2.07. The predicted molar refractivity (Wildman–Crippen MR) is 81.4 cm³/mol. The summed E-state index contributed by atoms with van der Waals surface area (Å²) in [6.07, 6.45) is 1.93. The van der Waals surface area contributed by atoms with Gasteiger partial charge in [-0.2, -0.15) is 5.26 Å². The number of hydrogen-bond acceptors (Lipinski definition) is 3. The molecule has 0 amide bonds. The van der Waals surface area contributed by atoms with Crippen LogP contribution in [-0.2, 0) is 0 Å². The monoisotopic (exact) mass is 286 g/mol. The number of anilines is 1. The highest BCUT2D eigenvalue weighted by atomic mass is 32.2. The molecule has 1 N–H and O–H groups in total. The summed E-state index contributed by atoms with van der Waals surface area (Å²) in [5, 5.41) is 12.5. The molecule has 1 unspecified atom stereocenters. The van der Waals surface area contributed by atoms with Crippen LogP contribution in [0.5, 0.6) is 0 Å². The number of nitrogens with zero attached hydrogens (tertiary/aromatic N) is 1. The molecule has 0 aliphatic rings. The molecule has 20 heavy (non-hydrogen) atoms. The van der Waals surface area contributed by atoms with E-state index in [4.69, 9.17) is 0 Å². The van der Waals surface area contributed by atoms with E-state index in [1.807, 2.05) is 31.4 Å². The number of nitrogens with one attached hydrogen (secondary N) is 1. The van der Waals surface area contributed by atoms with E-state index >= 15 is 0 Å². The highest BCUT2D eigenvalue weighted by Gasteiger charge is 2.13. The fourth-order valence-corrected chi connectivity index (χ4v) is 2.65. The Kier molecular flexibility index (Phi) is 4.65. The van der Waals surface area contributed by atoms with Crippen molar-refractivity contribution >= 4 is 17.4 Å². The first kappa shape index (κ1) is 14.4. The Morgan fingerprint density at radius 3 is 2.60 bits per heavy atom. The summed E-state index contributed by atoms with van der Waals surface area (Å²) in [5.41, 5.74) is 1.92. The largest absolute Gasteiger partial charge is 0.377 e. The number of nitriles is 1. The molecule has 2 aromatic carbocycles. The van der Waals surface area contributed by atoms with Crippen molar-refractivity contribution in [3.8, 4) is 6.07 Å². The van der Waals surface area contributed by atoms with E-state index in [2.05, 4.69) is 11.4 Å². The highest BCUT2D eigenvalue weighted by Crippen LogP contribution is 2.29. The van der Waals surface area contributed by atoms with Crippen LogP contribution in [0.15, 0.2) is 47.4 Å². The van der Waals surface area contributed by atoms with Crippen molar-refractivity contribution in [2.45, 2.75) is 17.9 Å². The van der Waals surface area contributed by atoms with Crippen molar-refractivity contribution in [3.05, 3.63) is 59.4 Å². The van der Waals surface area contributed by atoms with E-state index in [0.29, 0.717) is 11.1 Å². The van der Waals surface area contributed by atoms with Crippen LogP contribution in [0, 0.1) is 17.1 Å². The second-order valence-electron chi connectivity index (χ2n) is 4.38. The molecule has 0 spiro atoms. The molecule has 2 nitrogen and oxygen atoms in total. The molecule has 0 saturated heterocycles. The van der Waals surface area contributed by atoms with Crippen LogP contribution in [0.25, 0.3) is 0 Å². The van der Waals surface area contributed by atoms with E-state index in [1.165, 1.54) is 17.8 Å². The van der Waals surface area contributed by atoms with E-state index < -0.39 is 0 Å². The van der Waals surface area contributed by atoms with Gasteiger partial charge < -0.3 is 5.32 Å². The highest BCUT2D eigenvalue weighted by molar-refractivity contribution is 7.98. The number of hydrogen-bond donors (Lipinski definition) is 1. The Hall–Kier alpha value is -1.99. The first-order chi connectivity index (χ1) is 9.67. The lowest BCUT2D eigenvalue weighted by atomic mass is 10.1. The molecule has 0 aliphatic carbocycles. The van der Waals surface area contributed by atoms with Crippen LogP contribution >= 0.6 is 11.8 Å². The van der Waals surface area contributed by atoms with Gasteiger partial charge in [0.2, 0.25) is 0 Å². The Morgan fingerprint density at radius 2 is 1.95 bits per heavy atom. The molecule has 102 valence electrons. The van der Waals surface area contributed by atoms with Gasteiger partial charge in [-0.1, -0.05) is 24.3 Å². The lowest BCUT2D eigenvalue weighted by molar-refractivity contribution is 0.600. The van der Waals surface area contributed by atoms with Gasteiger partial charge in [-0.15, -0.1) is 11.8 Å². The smallest absolute Gasteiger partial charge is 0.128 e.